The maximum Gasteiger partial charge on any atom is 0.0705 e. The first-order valence-corrected chi connectivity index (χ1v) is 11.5. The number of para-hydroxylation sites is 1. The molecule has 0 radical (unpaired) electrons. The van der Waals surface area contributed by atoms with E-state index in [1.165, 1.54) is 22.1 Å². The molecule has 0 aliphatic heterocycles. The van der Waals surface area contributed by atoms with Gasteiger partial charge in [-0.05, 0) is 59.4 Å². The zero-order valence-electron chi connectivity index (χ0n) is 19.9. The van der Waals surface area contributed by atoms with E-state index >= 15 is 0 Å². The Labute approximate surface area is 191 Å². The molecule has 0 bridgehead atoms. The Morgan fingerprint density at radius 3 is 2.47 bits per heavy atom. The molecule has 4 nitrogen and oxygen atoms in total. The lowest BCUT2D eigenvalue weighted by atomic mass is 9.74. The van der Waals surface area contributed by atoms with Crippen molar-refractivity contribution in [2.75, 3.05) is 0 Å². The minimum atomic E-state index is 0.00212. The molecule has 4 aromatic rings. The number of hydrogen-bond donors (Lipinski definition) is 1. The number of pyridine rings is 2. The van der Waals surface area contributed by atoms with Gasteiger partial charge in [0.1, 0.15) is 0 Å². The van der Waals surface area contributed by atoms with Crippen molar-refractivity contribution in [3.63, 3.8) is 0 Å². The Morgan fingerprint density at radius 2 is 1.69 bits per heavy atom. The van der Waals surface area contributed by atoms with Crippen molar-refractivity contribution in [2.24, 2.45) is 0 Å². The molecule has 1 N–H and O–H groups in total. The number of nitrogens with zero attached hydrogens (tertiary/aromatic N) is 3. The molecule has 1 atom stereocenters. The second kappa shape index (κ2) is 8.85. The van der Waals surface area contributed by atoms with Gasteiger partial charge in [0.15, 0.2) is 0 Å². The lowest BCUT2D eigenvalue weighted by Gasteiger charge is -2.31. The SMILES string of the molecule is CC(Cc1cncc(C(C)(C)CCC(C)(C)c2ccc3ccccc3n2)c1)c1cn[nH]c1. The highest BCUT2D eigenvalue weighted by molar-refractivity contribution is 5.78. The molecule has 3 heterocycles. The van der Waals surface area contributed by atoms with Crippen LogP contribution in [0, 0.1) is 0 Å². The van der Waals surface area contributed by atoms with Crippen molar-refractivity contribution in [3.8, 4) is 0 Å². The van der Waals surface area contributed by atoms with Gasteiger partial charge in [-0.3, -0.25) is 15.1 Å². The Morgan fingerprint density at radius 1 is 0.906 bits per heavy atom. The zero-order chi connectivity index (χ0) is 22.8. The number of hydrogen-bond acceptors (Lipinski definition) is 3. The minimum absolute atomic E-state index is 0.00212. The molecule has 0 fully saturated rings. The Bertz CT molecular complexity index is 1180. The van der Waals surface area contributed by atoms with Gasteiger partial charge in [0.05, 0.1) is 11.7 Å². The van der Waals surface area contributed by atoms with E-state index in [9.17, 15) is 0 Å². The van der Waals surface area contributed by atoms with Gasteiger partial charge in [0.25, 0.3) is 0 Å². The quantitative estimate of drug-likeness (QED) is 0.340. The summed E-state index contributed by atoms with van der Waals surface area (Å²) < 4.78 is 0. The van der Waals surface area contributed by atoms with E-state index in [2.05, 4.69) is 92.3 Å². The van der Waals surface area contributed by atoms with Crippen LogP contribution in [0.1, 0.15) is 75.8 Å². The smallest absolute Gasteiger partial charge is 0.0705 e. The van der Waals surface area contributed by atoms with Crippen LogP contribution in [0.25, 0.3) is 10.9 Å². The predicted molar refractivity (Wildman–Crippen MR) is 132 cm³/mol. The van der Waals surface area contributed by atoms with Gasteiger partial charge in [0.2, 0.25) is 0 Å². The van der Waals surface area contributed by atoms with E-state index in [0.29, 0.717) is 5.92 Å². The van der Waals surface area contributed by atoms with Crippen LogP contribution in [0.15, 0.2) is 67.3 Å². The minimum Gasteiger partial charge on any atom is -0.285 e. The number of H-pyrrole nitrogens is 1. The highest BCUT2D eigenvalue weighted by Gasteiger charge is 2.28. The van der Waals surface area contributed by atoms with Gasteiger partial charge in [-0.1, -0.05) is 65.0 Å². The molecule has 3 aromatic heterocycles. The molecule has 32 heavy (non-hydrogen) atoms. The van der Waals surface area contributed by atoms with Gasteiger partial charge < -0.3 is 0 Å². The molecule has 0 amide bonds. The van der Waals surface area contributed by atoms with Crippen molar-refractivity contribution >= 4 is 10.9 Å². The number of fused-ring (bicyclic) bond motifs is 1. The van der Waals surface area contributed by atoms with Gasteiger partial charge in [-0.25, -0.2) is 0 Å². The maximum absolute atomic E-state index is 4.97. The predicted octanol–water partition coefficient (Wildman–Crippen LogP) is 6.73. The van der Waals surface area contributed by atoms with Crippen molar-refractivity contribution in [1.29, 1.82) is 0 Å². The molecule has 0 saturated carbocycles. The highest BCUT2D eigenvalue weighted by Crippen LogP contribution is 2.36. The molecule has 1 unspecified atom stereocenters. The summed E-state index contributed by atoms with van der Waals surface area (Å²) in [7, 11) is 0. The van der Waals surface area contributed by atoms with Crippen molar-refractivity contribution in [1.82, 2.24) is 20.2 Å². The topological polar surface area (TPSA) is 54.5 Å². The standard InChI is InChI=1S/C28H34N4/c1-20(23-17-30-31-18-23)14-21-15-24(19-29-16-21)27(2,3)12-13-28(4,5)26-11-10-22-8-6-7-9-25(22)32-26/h6-11,15-20H,12-14H2,1-5H3,(H,30,31). The van der Waals surface area contributed by atoms with E-state index in [4.69, 9.17) is 4.98 Å². The summed E-state index contributed by atoms with van der Waals surface area (Å²) in [4.78, 5) is 9.56. The molecule has 166 valence electrons. The van der Waals surface area contributed by atoms with E-state index in [-0.39, 0.29) is 10.8 Å². The molecule has 0 aliphatic rings. The summed E-state index contributed by atoms with van der Waals surface area (Å²) in [5.41, 5.74) is 6.09. The average molecular weight is 427 g/mol. The second-order valence-corrected chi connectivity index (χ2v) is 10.4. The summed E-state index contributed by atoms with van der Waals surface area (Å²) >= 11 is 0. The van der Waals surface area contributed by atoms with Crippen LogP contribution in [0.4, 0.5) is 0 Å². The first-order chi connectivity index (χ1) is 15.2. The summed E-state index contributed by atoms with van der Waals surface area (Å²) in [5, 5.41) is 8.19. The van der Waals surface area contributed by atoms with E-state index in [1.807, 2.05) is 24.8 Å². The largest absolute Gasteiger partial charge is 0.285 e. The molecule has 4 rings (SSSR count). The summed E-state index contributed by atoms with van der Waals surface area (Å²) in [6, 6.07) is 15.1. The van der Waals surface area contributed by atoms with Gasteiger partial charge in [0, 0.05) is 35.1 Å². The van der Waals surface area contributed by atoms with Crippen molar-refractivity contribution in [2.45, 2.75) is 70.6 Å². The van der Waals surface area contributed by atoms with E-state index in [0.717, 1.165) is 30.5 Å². The van der Waals surface area contributed by atoms with Crippen LogP contribution in [0.5, 0.6) is 0 Å². The summed E-state index contributed by atoms with van der Waals surface area (Å²) in [5.74, 6) is 0.409. The monoisotopic (exact) mass is 426 g/mol. The molecule has 0 aliphatic carbocycles. The summed E-state index contributed by atoms with van der Waals surface area (Å²) in [6.07, 6.45) is 11.0. The second-order valence-electron chi connectivity index (χ2n) is 10.4. The number of benzene rings is 1. The van der Waals surface area contributed by atoms with Crippen molar-refractivity contribution < 1.29 is 0 Å². The molecular formula is C28H34N4. The maximum atomic E-state index is 4.97. The number of rotatable bonds is 8. The fraction of sp³-hybridized carbons (Fsp3) is 0.393. The third-order valence-corrected chi connectivity index (χ3v) is 6.87. The van der Waals surface area contributed by atoms with Gasteiger partial charge in [-0.2, -0.15) is 5.10 Å². The van der Waals surface area contributed by atoms with E-state index < -0.39 is 0 Å². The fourth-order valence-corrected chi connectivity index (χ4v) is 4.31. The van der Waals surface area contributed by atoms with Crippen LogP contribution >= 0.6 is 0 Å². The first kappa shape index (κ1) is 22.2. The Balaban J connectivity index is 1.47. The molecule has 0 spiro atoms. The van der Waals surface area contributed by atoms with Gasteiger partial charge >= 0.3 is 0 Å². The van der Waals surface area contributed by atoms with Crippen molar-refractivity contribution in [3.05, 3.63) is 89.6 Å². The van der Waals surface area contributed by atoms with Crippen LogP contribution in [0.2, 0.25) is 0 Å². The normalized spacial score (nSPS) is 13.4. The lowest BCUT2D eigenvalue weighted by molar-refractivity contribution is 0.369. The third kappa shape index (κ3) is 4.90. The first-order valence-electron chi connectivity index (χ1n) is 11.5. The van der Waals surface area contributed by atoms with E-state index in [1.54, 1.807) is 0 Å². The fourth-order valence-electron chi connectivity index (χ4n) is 4.31. The Hall–Kier alpha value is -3.01. The zero-order valence-corrected chi connectivity index (χ0v) is 19.9. The van der Waals surface area contributed by atoms with Crippen LogP contribution in [-0.4, -0.2) is 20.2 Å². The van der Waals surface area contributed by atoms with Crippen LogP contribution in [0.3, 0.4) is 0 Å². The lowest BCUT2D eigenvalue weighted by Crippen LogP contribution is -2.25. The molecule has 4 heteroatoms. The van der Waals surface area contributed by atoms with Gasteiger partial charge in [-0.15, -0.1) is 0 Å². The number of nitrogens with one attached hydrogen (secondary N) is 1. The number of aromatic amines is 1. The molecule has 0 saturated heterocycles. The average Bonchev–Trinajstić information content (AvgIpc) is 3.33. The summed E-state index contributed by atoms with van der Waals surface area (Å²) in [6.45, 7) is 11.5. The van der Waals surface area contributed by atoms with Crippen LogP contribution < -0.4 is 0 Å². The van der Waals surface area contributed by atoms with Crippen LogP contribution in [-0.2, 0) is 17.3 Å². The number of aromatic nitrogens is 4. The Kier molecular flexibility index (Phi) is 6.14. The highest BCUT2D eigenvalue weighted by atomic mass is 15.1. The molecular weight excluding hydrogens is 392 g/mol. The third-order valence-electron chi connectivity index (χ3n) is 6.87. The molecule has 1 aromatic carbocycles.